The zero-order valence-electron chi connectivity index (χ0n) is 21.4. The number of nitrogens with zero attached hydrogens (tertiary/aromatic N) is 6. The van der Waals surface area contributed by atoms with Gasteiger partial charge >= 0.3 is 5.69 Å². The van der Waals surface area contributed by atoms with Gasteiger partial charge in [0.1, 0.15) is 5.82 Å². The molecular weight excluding hydrogens is 488 g/mol. The number of piperidine rings is 1. The lowest BCUT2D eigenvalue weighted by Gasteiger charge is -2.38. The van der Waals surface area contributed by atoms with Crippen LogP contribution in [-0.4, -0.2) is 75.9 Å². The van der Waals surface area contributed by atoms with Crippen molar-refractivity contribution in [3.05, 3.63) is 81.5 Å². The molecule has 3 heterocycles. The topological polar surface area (TPSA) is 66.6 Å². The van der Waals surface area contributed by atoms with E-state index in [4.69, 9.17) is 16.7 Å². The molecule has 2 saturated heterocycles. The first kappa shape index (κ1) is 25.5. The molecule has 2 aromatic carbocycles. The summed E-state index contributed by atoms with van der Waals surface area (Å²) in [5.74, 6) is 1.32. The van der Waals surface area contributed by atoms with Crippen LogP contribution >= 0.6 is 11.6 Å². The second-order valence-corrected chi connectivity index (χ2v) is 10.4. The number of halogens is 1. The Hall–Kier alpha value is -3.10. The van der Waals surface area contributed by atoms with Crippen molar-refractivity contribution in [1.82, 2.24) is 24.1 Å². The third-order valence-electron chi connectivity index (χ3n) is 7.58. The Bertz CT molecular complexity index is 1240. The van der Waals surface area contributed by atoms with E-state index in [9.17, 15) is 9.59 Å². The van der Waals surface area contributed by atoms with Crippen molar-refractivity contribution in [2.24, 2.45) is 0 Å². The molecule has 37 heavy (non-hydrogen) atoms. The highest BCUT2D eigenvalue weighted by Crippen LogP contribution is 2.26. The van der Waals surface area contributed by atoms with Gasteiger partial charge in [-0.15, -0.1) is 0 Å². The van der Waals surface area contributed by atoms with Crippen LogP contribution in [0.2, 0.25) is 5.02 Å². The molecule has 0 spiro atoms. The van der Waals surface area contributed by atoms with Crippen molar-refractivity contribution < 1.29 is 4.79 Å². The maximum Gasteiger partial charge on any atom is 0.346 e. The van der Waals surface area contributed by atoms with Gasteiger partial charge in [-0.2, -0.15) is 5.10 Å². The minimum absolute atomic E-state index is 0.0447. The molecule has 0 saturated carbocycles. The van der Waals surface area contributed by atoms with E-state index in [2.05, 4.69) is 9.80 Å². The number of aromatic nitrogens is 3. The van der Waals surface area contributed by atoms with Gasteiger partial charge in [0.05, 0.1) is 13.1 Å². The quantitative estimate of drug-likeness (QED) is 0.476. The Kier molecular flexibility index (Phi) is 7.96. The molecule has 0 atom stereocenters. The van der Waals surface area contributed by atoms with Gasteiger partial charge in [-0.1, -0.05) is 41.9 Å². The Balaban J connectivity index is 1.13. The summed E-state index contributed by atoms with van der Waals surface area (Å²) < 4.78 is 3.41. The van der Waals surface area contributed by atoms with Gasteiger partial charge in [0.25, 0.3) is 0 Å². The fourth-order valence-corrected chi connectivity index (χ4v) is 5.55. The Morgan fingerprint density at radius 1 is 0.946 bits per heavy atom. The van der Waals surface area contributed by atoms with Crippen LogP contribution in [0.4, 0.5) is 5.69 Å². The molecule has 1 aromatic heterocycles. The van der Waals surface area contributed by atoms with E-state index in [1.807, 2.05) is 71.0 Å². The zero-order valence-corrected chi connectivity index (χ0v) is 22.2. The number of piperazine rings is 1. The second-order valence-electron chi connectivity index (χ2n) is 9.92. The van der Waals surface area contributed by atoms with Crippen molar-refractivity contribution in [3.63, 3.8) is 0 Å². The van der Waals surface area contributed by atoms with E-state index < -0.39 is 0 Å². The van der Waals surface area contributed by atoms with Crippen molar-refractivity contribution in [2.45, 2.75) is 38.8 Å². The number of hydrogen-bond acceptors (Lipinski definition) is 5. The first-order valence-electron chi connectivity index (χ1n) is 13.2. The minimum Gasteiger partial charge on any atom is -0.368 e. The molecule has 0 radical (unpaired) electrons. The van der Waals surface area contributed by atoms with Gasteiger partial charge < -0.3 is 9.80 Å². The summed E-state index contributed by atoms with van der Waals surface area (Å²) >= 11 is 6.01. The first-order valence-corrected chi connectivity index (χ1v) is 13.6. The summed E-state index contributed by atoms with van der Waals surface area (Å²) in [6.07, 6.45) is 1.80. The Labute approximate surface area is 223 Å². The summed E-state index contributed by atoms with van der Waals surface area (Å²) in [6.45, 7) is 8.36. The van der Waals surface area contributed by atoms with Crippen LogP contribution < -0.4 is 10.6 Å². The molecule has 8 nitrogen and oxygen atoms in total. The van der Waals surface area contributed by atoms with Gasteiger partial charge in [-0.25, -0.2) is 9.48 Å². The predicted octanol–water partition coefficient (Wildman–Crippen LogP) is 3.29. The number of carbonyl (C=O) groups excluding carboxylic acids is 1. The Morgan fingerprint density at radius 3 is 2.27 bits per heavy atom. The number of hydrogen-bond donors (Lipinski definition) is 0. The number of carbonyl (C=O) groups is 1. The normalized spacial score (nSPS) is 17.4. The van der Waals surface area contributed by atoms with E-state index in [0.29, 0.717) is 19.6 Å². The largest absolute Gasteiger partial charge is 0.368 e. The molecule has 0 bridgehead atoms. The van der Waals surface area contributed by atoms with E-state index in [1.54, 1.807) is 4.68 Å². The monoisotopic (exact) mass is 522 g/mol. The van der Waals surface area contributed by atoms with Crippen LogP contribution in [-0.2, 0) is 17.9 Å². The summed E-state index contributed by atoms with van der Waals surface area (Å²) in [5.41, 5.74) is 2.17. The standard InChI is InChI=1S/C28H35ClN6O2/c1-2-34-27(30-35(28(34)37)20-22-6-4-3-5-7-22)23-12-14-31(15-13-23)21-26(36)33-18-16-32(17-19-33)25-10-8-24(29)9-11-25/h3-11,23H,2,12-21H2,1H3. The number of benzene rings is 2. The number of anilines is 1. The lowest BCUT2D eigenvalue weighted by molar-refractivity contribution is -0.133. The lowest BCUT2D eigenvalue weighted by Crippen LogP contribution is -2.52. The fourth-order valence-electron chi connectivity index (χ4n) is 5.42. The average Bonchev–Trinajstić information content (AvgIpc) is 3.25. The van der Waals surface area contributed by atoms with Crippen LogP contribution in [0.25, 0.3) is 0 Å². The van der Waals surface area contributed by atoms with Crippen molar-refractivity contribution >= 4 is 23.2 Å². The third kappa shape index (κ3) is 5.91. The highest BCUT2D eigenvalue weighted by atomic mass is 35.5. The fraction of sp³-hybridized carbons (Fsp3) is 0.464. The van der Waals surface area contributed by atoms with E-state index in [-0.39, 0.29) is 17.5 Å². The zero-order chi connectivity index (χ0) is 25.8. The predicted molar refractivity (Wildman–Crippen MR) is 146 cm³/mol. The molecular formula is C28H35ClN6O2. The second kappa shape index (κ2) is 11.5. The van der Waals surface area contributed by atoms with Crippen LogP contribution in [0.3, 0.4) is 0 Å². The summed E-state index contributed by atoms with van der Waals surface area (Å²) in [4.78, 5) is 32.5. The summed E-state index contributed by atoms with van der Waals surface area (Å²) in [6, 6.07) is 17.9. The van der Waals surface area contributed by atoms with Gasteiger partial charge in [-0.05, 0) is 62.7 Å². The van der Waals surface area contributed by atoms with E-state index in [1.165, 1.54) is 0 Å². The van der Waals surface area contributed by atoms with Crippen LogP contribution in [0.5, 0.6) is 0 Å². The lowest BCUT2D eigenvalue weighted by atomic mass is 9.96. The molecule has 2 fully saturated rings. The molecule has 2 aliphatic heterocycles. The molecule has 9 heteroatoms. The van der Waals surface area contributed by atoms with Gasteiger partial charge in [0.2, 0.25) is 5.91 Å². The van der Waals surface area contributed by atoms with Crippen LogP contribution in [0.1, 0.15) is 37.1 Å². The van der Waals surface area contributed by atoms with Crippen LogP contribution in [0.15, 0.2) is 59.4 Å². The molecule has 0 N–H and O–H groups in total. The Morgan fingerprint density at radius 2 is 1.62 bits per heavy atom. The van der Waals surface area contributed by atoms with E-state index in [0.717, 1.165) is 74.2 Å². The van der Waals surface area contributed by atoms with Gasteiger partial charge in [0.15, 0.2) is 0 Å². The smallest absolute Gasteiger partial charge is 0.346 e. The van der Waals surface area contributed by atoms with Gasteiger partial charge in [0, 0.05) is 49.4 Å². The summed E-state index contributed by atoms with van der Waals surface area (Å²) in [7, 11) is 0. The maximum absolute atomic E-state index is 13.0. The van der Waals surface area contributed by atoms with Gasteiger partial charge in [-0.3, -0.25) is 14.3 Å². The first-order chi connectivity index (χ1) is 18.0. The molecule has 1 amide bonds. The highest BCUT2D eigenvalue weighted by molar-refractivity contribution is 6.30. The number of likely N-dealkylation sites (tertiary alicyclic amines) is 1. The maximum atomic E-state index is 13.0. The van der Waals surface area contributed by atoms with Crippen molar-refractivity contribution in [1.29, 1.82) is 0 Å². The molecule has 2 aliphatic rings. The molecule has 0 aliphatic carbocycles. The van der Waals surface area contributed by atoms with E-state index >= 15 is 0 Å². The van der Waals surface area contributed by atoms with Crippen molar-refractivity contribution in [2.75, 3.05) is 50.7 Å². The minimum atomic E-state index is -0.0447. The molecule has 0 unspecified atom stereocenters. The third-order valence-corrected chi connectivity index (χ3v) is 7.83. The molecule has 196 valence electrons. The number of amides is 1. The number of rotatable bonds is 7. The van der Waals surface area contributed by atoms with Crippen LogP contribution in [0, 0.1) is 0 Å². The SMILES string of the molecule is CCn1c(C2CCN(CC(=O)N3CCN(c4ccc(Cl)cc4)CC3)CC2)nn(Cc2ccccc2)c1=O. The average molecular weight is 523 g/mol. The van der Waals surface area contributed by atoms with Crippen molar-refractivity contribution in [3.8, 4) is 0 Å². The molecule has 3 aromatic rings. The highest BCUT2D eigenvalue weighted by Gasteiger charge is 2.29. The molecule has 5 rings (SSSR count). The summed E-state index contributed by atoms with van der Waals surface area (Å²) in [5, 5.41) is 5.49.